The van der Waals surface area contributed by atoms with Crippen LogP contribution in [-0.2, 0) is 0 Å². The molecular weight excluding hydrogens is 258 g/mol. The van der Waals surface area contributed by atoms with Crippen LogP contribution in [0.1, 0.15) is 20.7 Å². The van der Waals surface area contributed by atoms with Gasteiger partial charge in [0.2, 0.25) is 0 Å². The van der Waals surface area contributed by atoms with Crippen molar-refractivity contribution in [2.75, 3.05) is 5.43 Å². The number of carbonyl (C=O) groups is 2. The van der Waals surface area contributed by atoms with Crippen molar-refractivity contribution in [2.45, 2.75) is 0 Å². The second-order valence-corrected chi connectivity index (χ2v) is 3.80. The average molecular weight is 268 g/mol. The molecule has 0 fully saturated rings. The number of ether oxygens (including phenoxy) is 1. The molecule has 1 N–H and O–H groups in total. The minimum Gasteiger partial charge on any atom is -0.422 e. The third-order valence-corrected chi connectivity index (χ3v) is 2.57. The SMILES string of the molecule is N#[N+]Nc1ccccc1C(=O)Oc1ccccc1C=O. The van der Waals surface area contributed by atoms with Crippen molar-refractivity contribution in [2.24, 2.45) is 0 Å². The molecule has 0 aliphatic heterocycles. The Morgan fingerprint density at radius 3 is 2.60 bits per heavy atom. The fourth-order valence-corrected chi connectivity index (χ4v) is 1.64. The summed E-state index contributed by atoms with van der Waals surface area (Å²) in [5.74, 6) is -0.491. The summed E-state index contributed by atoms with van der Waals surface area (Å²) in [4.78, 5) is 22.9. The first-order valence-corrected chi connectivity index (χ1v) is 5.72. The van der Waals surface area contributed by atoms with Gasteiger partial charge >= 0.3 is 11.1 Å². The molecule has 6 nitrogen and oxygen atoms in total. The number of esters is 1. The van der Waals surface area contributed by atoms with Crippen molar-refractivity contribution in [1.82, 2.24) is 0 Å². The molecule has 20 heavy (non-hydrogen) atoms. The molecule has 0 amide bonds. The van der Waals surface area contributed by atoms with Crippen molar-refractivity contribution in [3.8, 4) is 5.75 Å². The number of anilines is 1. The van der Waals surface area contributed by atoms with Crippen LogP contribution in [0.15, 0.2) is 48.5 Å². The molecule has 2 aromatic rings. The van der Waals surface area contributed by atoms with Gasteiger partial charge in [-0.1, -0.05) is 24.3 Å². The number of nitrogens with one attached hydrogen (secondary N) is 1. The summed E-state index contributed by atoms with van der Waals surface area (Å²) in [6.45, 7) is 0. The van der Waals surface area contributed by atoms with E-state index in [2.05, 4.69) is 10.5 Å². The van der Waals surface area contributed by atoms with Gasteiger partial charge in [0.05, 0.1) is 11.1 Å². The van der Waals surface area contributed by atoms with Gasteiger partial charge < -0.3 is 4.74 Å². The molecule has 0 atom stereocenters. The number of diazo groups is 1. The van der Waals surface area contributed by atoms with Crippen molar-refractivity contribution < 1.29 is 14.3 Å². The van der Waals surface area contributed by atoms with E-state index < -0.39 is 5.97 Å². The number of para-hydroxylation sites is 2. The second kappa shape index (κ2) is 6.11. The number of rotatable bonds is 4. The van der Waals surface area contributed by atoms with E-state index in [9.17, 15) is 9.59 Å². The molecule has 0 radical (unpaired) electrons. The highest BCUT2D eigenvalue weighted by molar-refractivity contribution is 5.97. The first kappa shape index (κ1) is 13.2. The monoisotopic (exact) mass is 268 g/mol. The Morgan fingerprint density at radius 1 is 1.15 bits per heavy atom. The zero-order valence-corrected chi connectivity index (χ0v) is 10.3. The highest BCUT2D eigenvalue weighted by Gasteiger charge is 2.17. The summed E-state index contributed by atoms with van der Waals surface area (Å²) in [5.41, 5.74) is 3.04. The average Bonchev–Trinajstić information content (AvgIpc) is 2.48. The van der Waals surface area contributed by atoms with E-state index in [1.165, 1.54) is 12.1 Å². The Bertz CT molecular complexity index is 692. The number of hydrogen-bond acceptors (Lipinski definition) is 5. The number of benzene rings is 2. The van der Waals surface area contributed by atoms with Gasteiger partial charge in [-0.05, 0) is 29.7 Å². The molecule has 2 aromatic carbocycles. The van der Waals surface area contributed by atoms with E-state index >= 15 is 0 Å². The molecule has 0 aliphatic rings. The second-order valence-electron chi connectivity index (χ2n) is 3.80. The number of nitrogens with zero attached hydrogens (tertiary/aromatic N) is 2. The Balaban J connectivity index is 2.29. The van der Waals surface area contributed by atoms with E-state index in [-0.39, 0.29) is 16.9 Å². The van der Waals surface area contributed by atoms with Gasteiger partial charge in [-0.15, -0.1) is 0 Å². The standard InChI is InChI=1S/C14H9N3O3/c15-17-16-12-7-3-2-6-11(12)14(19)20-13-8-4-1-5-10(13)9-18/h1-9H/p+1. The van der Waals surface area contributed by atoms with Gasteiger partial charge in [-0.2, -0.15) is 0 Å². The normalized spacial score (nSPS) is 9.35. The largest absolute Gasteiger partial charge is 0.422 e. The lowest BCUT2D eigenvalue weighted by atomic mass is 10.2. The Hall–Kier alpha value is -3.20. The summed E-state index contributed by atoms with van der Waals surface area (Å²) < 4.78 is 5.18. The Kier molecular flexibility index (Phi) is 4.04. The molecule has 0 bridgehead atoms. The maximum atomic E-state index is 12.1. The van der Waals surface area contributed by atoms with Gasteiger partial charge in [0.25, 0.3) is 5.39 Å². The fourth-order valence-electron chi connectivity index (χ4n) is 1.64. The molecule has 6 heteroatoms. The maximum Gasteiger partial charge on any atom is 0.345 e. The number of hydrogen-bond donors (Lipinski definition) is 1. The van der Waals surface area contributed by atoms with Crippen LogP contribution in [-0.4, -0.2) is 12.3 Å². The zero-order chi connectivity index (χ0) is 14.4. The quantitative estimate of drug-likeness (QED) is 0.303. The molecule has 0 aromatic heterocycles. The minimum absolute atomic E-state index is 0.170. The van der Waals surface area contributed by atoms with Crippen molar-refractivity contribution in [3.05, 3.63) is 64.7 Å². The van der Waals surface area contributed by atoms with E-state index in [1.807, 2.05) is 0 Å². The van der Waals surface area contributed by atoms with Gasteiger partial charge in [0, 0.05) is 0 Å². The van der Waals surface area contributed by atoms with Crippen molar-refractivity contribution in [1.29, 1.82) is 5.39 Å². The summed E-state index contributed by atoms with van der Waals surface area (Å²) in [7, 11) is 0. The molecule has 0 saturated heterocycles. The first-order valence-electron chi connectivity index (χ1n) is 5.72. The molecule has 0 heterocycles. The van der Waals surface area contributed by atoms with E-state index in [0.29, 0.717) is 12.0 Å². The van der Waals surface area contributed by atoms with Gasteiger partial charge in [0.1, 0.15) is 11.4 Å². The van der Waals surface area contributed by atoms with Crippen LogP contribution in [0.4, 0.5) is 5.69 Å². The van der Waals surface area contributed by atoms with Gasteiger partial charge in [0.15, 0.2) is 6.29 Å². The summed E-state index contributed by atoms with van der Waals surface area (Å²) in [6, 6.07) is 12.8. The highest BCUT2D eigenvalue weighted by Crippen LogP contribution is 2.21. The molecule has 0 saturated carbocycles. The molecule has 98 valence electrons. The van der Waals surface area contributed by atoms with Gasteiger partial charge in [-0.25, -0.2) is 4.79 Å². The lowest BCUT2D eigenvalue weighted by Gasteiger charge is -2.07. The number of carbonyl (C=O) groups excluding carboxylic acids is 2. The van der Waals surface area contributed by atoms with Crippen LogP contribution >= 0.6 is 0 Å². The minimum atomic E-state index is -0.661. The summed E-state index contributed by atoms with van der Waals surface area (Å²) in [5, 5.41) is 11.3. The Morgan fingerprint density at radius 2 is 1.85 bits per heavy atom. The number of aldehydes is 1. The molecule has 2 rings (SSSR count). The smallest absolute Gasteiger partial charge is 0.345 e. The topological polar surface area (TPSA) is 83.6 Å². The predicted octanol–water partition coefficient (Wildman–Crippen LogP) is 2.90. The van der Waals surface area contributed by atoms with Gasteiger partial charge in [-0.3, -0.25) is 4.79 Å². The van der Waals surface area contributed by atoms with Crippen LogP contribution < -0.4 is 10.2 Å². The van der Waals surface area contributed by atoms with Crippen molar-refractivity contribution in [3.63, 3.8) is 0 Å². The third-order valence-electron chi connectivity index (χ3n) is 2.57. The lowest BCUT2D eigenvalue weighted by molar-refractivity contribution is 0.0734. The molecule has 0 aliphatic carbocycles. The lowest BCUT2D eigenvalue weighted by Crippen LogP contribution is -2.11. The molecule has 0 unspecified atom stereocenters. The fraction of sp³-hybridized carbons (Fsp3) is 0. The van der Waals surface area contributed by atoms with Crippen LogP contribution in [0.5, 0.6) is 5.75 Å². The van der Waals surface area contributed by atoms with Crippen LogP contribution in [0.3, 0.4) is 0 Å². The third kappa shape index (κ3) is 2.79. The summed E-state index contributed by atoms with van der Waals surface area (Å²) >= 11 is 0. The molecular formula is C14H10N3O3+. The first-order chi connectivity index (χ1) is 9.76. The van der Waals surface area contributed by atoms with Crippen LogP contribution in [0.2, 0.25) is 0 Å². The van der Waals surface area contributed by atoms with Crippen LogP contribution in [0, 0.1) is 5.39 Å². The van der Waals surface area contributed by atoms with E-state index in [0.717, 1.165) is 0 Å². The van der Waals surface area contributed by atoms with E-state index in [4.69, 9.17) is 10.1 Å². The highest BCUT2D eigenvalue weighted by atomic mass is 16.5. The predicted molar refractivity (Wildman–Crippen MR) is 71.9 cm³/mol. The van der Waals surface area contributed by atoms with E-state index in [1.54, 1.807) is 36.4 Å². The molecule has 0 spiro atoms. The Labute approximate surface area is 114 Å². The maximum absolute atomic E-state index is 12.1. The zero-order valence-electron chi connectivity index (χ0n) is 10.3. The van der Waals surface area contributed by atoms with Crippen molar-refractivity contribution >= 4 is 17.9 Å². The van der Waals surface area contributed by atoms with Crippen LogP contribution in [0.25, 0.3) is 5.08 Å². The summed E-state index contributed by atoms with van der Waals surface area (Å²) in [6.07, 6.45) is 0.607.